The van der Waals surface area contributed by atoms with Crippen LogP contribution in [0.5, 0.6) is 0 Å². The van der Waals surface area contributed by atoms with Crippen molar-refractivity contribution in [3.63, 3.8) is 0 Å². The number of furan rings is 1. The third kappa shape index (κ3) is 6.19. The van der Waals surface area contributed by atoms with E-state index < -0.39 is 0 Å². The van der Waals surface area contributed by atoms with Gasteiger partial charge >= 0.3 is 0 Å². The van der Waals surface area contributed by atoms with E-state index in [-0.39, 0.29) is 31.3 Å². The van der Waals surface area contributed by atoms with Gasteiger partial charge in [-0.05, 0) is 35.9 Å². The van der Waals surface area contributed by atoms with Crippen LogP contribution in [0.4, 0.5) is 5.95 Å². The lowest BCUT2D eigenvalue weighted by molar-refractivity contribution is -0.135. The van der Waals surface area contributed by atoms with Crippen molar-refractivity contribution >= 4 is 29.4 Å². The maximum atomic E-state index is 13.3. The smallest absolute Gasteiger partial charge is 0.246 e. The zero-order valence-corrected chi connectivity index (χ0v) is 21.2. The van der Waals surface area contributed by atoms with Gasteiger partial charge in [-0.25, -0.2) is 4.98 Å². The number of aromatic nitrogens is 2. The Morgan fingerprint density at radius 1 is 0.921 bits per heavy atom. The van der Waals surface area contributed by atoms with E-state index in [0.717, 1.165) is 16.8 Å². The molecule has 0 atom stereocenters. The van der Waals surface area contributed by atoms with Crippen molar-refractivity contribution in [1.29, 1.82) is 0 Å². The summed E-state index contributed by atoms with van der Waals surface area (Å²) in [5.74, 6) is 0.341. The largest absolute Gasteiger partial charge is 0.467 e. The fourth-order valence-corrected chi connectivity index (χ4v) is 4.27. The second-order valence-electron chi connectivity index (χ2n) is 8.71. The van der Waals surface area contributed by atoms with Gasteiger partial charge in [0, 0.05) is 22.5 Å². The number of nitrogens with one attached hydrogen (secondary N) is 1. The third-order valence-electron chi connectivity index (χ3n) is 5.93. The molecule has 0 aliphatic rings. The number of anilines is 1. The van der Waals surface area contributed by atoms with E-state index in [4.69, 9.17) is 16.0 Å². The molecule has 1 N–H and O–H groups in total. The van der Waals surface area contributed by atoms with Gasteiger partial charge in [-0.1, -0.05) is 78.3 Å². The molecule has 0 saturated heterocycles. The van der Waals surface area contributed by atoms with Gasteiger partial charge in [-0.3, -0.25) is 19.5 Å². The first-order chi connectivity index (χ1) is 18.5. The number of rotatable bonds is 9. The van der Waals surface area contributed by atoms with Crippen LogP contribution in [0.3, 0.4) is 0 Å². The quantitative estimate of drug-likeness (QED) is 0.256. The monoisotopic (exact) mass is 524 g/mol. The minimum atomic E-state index is -0.383. The van der Waals surface area contributed by atoms with Crippen molar-refractivity contribution in [2.24, 2.45) is 0 Å². The van der Waals surface area contributed by atoms with Crippen LogP contribution in [0.1, 0.15) is 11.3 Å². The molecule has 190 valence electrons. The molecule has 5 aromatic rings. The highest BCUT2D eigenvalue weighted by Gasteiger charge is 2.21. The van der Waals surface area contributed by atoms with E-state index in [0.29, 0.717) is 22.4 Å². The predicted molar refractivity (Wildman–Crippen MR) is 147 cm³/mol. The van der Waals surface area contributed by atoms with Gasteiger partial charge < -0.3 is 9.32 Å². The summed E-state index contributed by atoms with van der Waals surface area (Å²) in [6.45, 7) is -0.000467. The van der Waals surface area contributed by atoms with E-state index in [1.165, 1.54) is 4.90 Å². The molecule has 2 aromatic heterocycles. The van der Waals surface area contributed by atoms with Crippen LogP contribution in [0.15, 0.2) is 114 Å². The molecule has 0 bridgehead atoms. The van der Waals surface area contributed by atoms with Crippen molar-refractivity contribution < 1.29 is 14.0 Å². The summed E-state index contributed by atoms with van der Waals surface area (Å²) in [7, 11) is 0. The number of halogens is 1. The minimum absolute atomic E-state index is 0.171. The van der Waals surface area contributed by atoms with Crippen LogP contribution in [0.25, 0.3) is 16.9 Å². The van der Waals surface area contributed by atoms with Gasteiger partial charge in [-0.15, -0.1) is 0 Å². The second kappa shape index (κ2) is 11.6. The molecule has 0 aliphatic heterocycles. The number of carbonyl (C=O) groups excluding carboxylic acids is 2. The number of carbonyl (C=O) groups is 2. The van der Waals surface area contributed by atoms with Crippen LogP contribution in [-0.2, 0) is 22.6 Å². The van der Waals surface area contributed by atoms with E-state index in [9.17, 15) is 9.59 Å². The Balaban J connectivity index is 1.40. The summed E-state index contributed by atoms with van der Waals surface area (Å²) in [6, 6.07) is 29.9. The van der Waals surface area contributed by atoms with Gasteiger partial charge in [0.2, 0.25) is 17.8 Å². The first kappa shape index (κ1) is 25.0. The first-order valence-corrected chi connectivity index (χ1v) is 12.5. The van der Waals surface area contributed by atoms with Crippen LogP contribution in [0, 0.1) is 0 Å². The zero-order valence-electron chi connectivity index (χ0n) is 20.5. The van der Waals surface area contributed by atoms with E-state index in [2.05, 4.69) is 10.3 Å². The Bertz CT molecular complexity index is 1520. The minimum Gasteiger partial charge on any atom is -0.467 e. The Hall–Kier alpha value is -4.62. The molecule has 0 spiro atoms. The van der Waals surface area contributed by atoms with Crippen LogP contribution < -0.4 is 5.32 Å². The highest BCUT2D eigenvalue weighted by atomic mass is 35.5. The molecule has 0 saturated carbocycles. The Labute approximate surface area is 225 Å². The summed E-state index contributed by atoms with van der Waals surface area (Å²) in [5, 5.41) is 3.45. The molecule has 7 nitrogen and oxygen atoms in total. The van der Waals surface area contributed by atoms with Crippen molar-refractivity contribution in [1.82, 2.24) is 14.5 Å². The fourth-order valence-electron chi connectivity index (χ4n) is 4.08. The summed E-state index contributed by atoms with van der Waals surface area (Å²) >= 11 is 6.24. The average Bonchev–Trinajstić information content (AvgIpc) is 3.60. The maximum absolute atomic E-state index is 13.3. The summed E-state index contributed by atoms with van der Waals surface area (Å²) in [4.78, 5) is 32.7. The van der Waals surface area contributed by atoms with Crippen LogP contribution in [0.2, 0.25) is 5.02 Å². The average molecular weight is 525 g/mol. The molecule has 5 rings (SSSR count). The molecule has 0 radical (unpaired) electrons. The first-order valence-electron chi connectivity index (χ1n) is 12.1. The van der Waals surface area contributed by atoms with Crippen molar-refractivity contribution in [2.75, 3.05) is 11.9 Å². The molecule has 2 amide bonds. The number of hydrogen-bond donors (Lipinski definition) is 1. The molecule has 0 fully saturated rings. The van der Waals surface area contributed by atoms with Crippen molar-refractivity contribution in [2.45, 2.75) is 13.0 Å². The number of amides is 2. The van der Waals surface area contributed by atoms with Crippen molar-refractivity contribution in [3.8, 4) is 16.9 Å². The molecular weight excluding hydrogens is 500 g/mol. The highest BCUT2D eigenvalue weighted by Crippen LogP contribution is 2.25. The van der Waals surface area contributed by atoms with Gasteiger partial charge in [0.25, 0.3) is 0 Å². The lowest BCUT2D eigenvalue weighted by Crippen LogP contribution is -2.38. The molecule has 38 heavy (non-hydrogen) atoms. The predicted octanol–water partition coefficient (Wildman–Crippen LogP) is 6.00. The topological polar surface area (TPSA) is 80.4 Å². The number of hydrogen-bond acceptors (Lipinski definition) is 4. The molecule has 0 aliphatic carbocycles. The molecule has 3 aromatic carbocycles. The standard InChI is InChI=1S/C30H25ClN4O3/c31-24-13-7-14-25(18-24)35-20-27(23-11-5-2-6-12-23)32-30(35)33-28(36)21-34(19-26-15-8-16-38-26)29(37)17-22-9-3-1-4-10-22/h1-16,18,20H,17,19,21H2,(H,32,33,36). The summed E-state index contributed by atoms with van der Waals surface area (Å²) in [5.41, 5.74) is 3.20. The number of imidazole rings is 1. The van der Waals surface area contributed by atoms with Gasteiger partial charge in [0.15, 0.2) is 0 Å². The Morgan fingerprint density at radius 2 is 1.68 bits per heavy atom. The molecular formula is C30H25ClN4O3. The zero-order chi connectivity index (χ0) is 26.3. The van der Waals surface area contributed by atoms with Gasteiger partial charge in [0.05, 0.1) is 24.9 Å². The Kier molecular flexibility index (Phi) is 7.66. The SMILES string of the molecule is O=C(CN(Cc1ccco1)C(=O)Cc1ccccc1)Nc1nc(-c2ccccc2)cn1-c1cccc(Cl)c1. The van der Waals surface area contributed by atoms with Crippen LogP contribution in [-0.4, -0.2) is 32.8 Å². The van der Waals surface area contributed by atoms with Gasteiger partial charge in [0.1, 0.15) is 12.3 Å². The number of benzene rings is 3. The molecule has 2 heterocycles. The normalized spacial score (nSPS) is 10.8. The Morgan fingerprint density at radius 3 is 2.39 bits per heavy atom. The molecule has 0 unspecified atom stereocenters. The second-order valence-corrected chi connectivity index (χ2v) is 9.14. The highest BCUT2D eigenvalue weighted by molar-refractivity contribution is 6.30. The lowest BCUT2D eigenvalue weighted by Gasteiger charge is -2.21. The van der Waals surface area contributed by atoms with Crippen molar-refractivity contribution in [3.05, 3.63) is 126 Å². The fraction of sp³-hybridized carbons (Fsp3) is 0.100. The lowest BCUT2D eigenvalue weighted by atomic mass is 10.1. The van der Waals surface area contributed by atoms with Crippen LogP contribution >= 0.6 is 11.6 Å². The molecule has 8 heteroatoms. The summed E-state index contributed by atoms with van der Waals surface area (Å²) < 4.78 is 7.22. The van der Waals surface area contributed by atoms with E-state index >= 15 is 0 Å². The van der Waals surface area contributed by atoms with E-state index in [1.807, 2.05) is 79.0 Å². The third-order valence-corrected chi connectivity index (χ3v) is 6.16. The van der Waals surface area contributed by atoms with Gasteiger partial charge in [-0.2, -0.15) is 0 Å². The number of nitrogens with zero attached hydrogens (tertiary/aromatic N) is 3. The maximum Gasteiger partial charge on any atom is 0.246 e. The summed E-state index contributed by atoms with van der Waals surface area (Å²) in [6.07, 6.45) is 3.56. The van der Waals surface area contributed by atoms with E-state index in [1.54, 1.807) is 35.1 Å².